The van der Waals surface area contributed by atoms with Crippen molar-refractivity contribution < 1.29 is 18.0 Å². The molecule has 7 heteroatoms. The van der Waals surface area contributed by atoms with Gasteiger partial charge in [-0.25, -0.2) is 8.42 Å². The van der Waals surface area contributed by atoms with E-state index in [2.05, 4.69) is 5.32 Å². The molecular formula is C28H28N2O4S. The molecule has 180 valence electrons. The quantitative estimate of drug-likeness (QED) is 0.464. The summed E-state index contributed by atoms with van der Waals surface area (Å²) in [6, 6.07) is 25.8. The first-order chi connectivity index (χ1) is 16.9. The van der Waals surface area contributed by atoms with E-state index in [9.17, 15) is 18.0 Å². The summed E-state index contributed by atoms with van der Waals surface area (Å²) in [7, 11) is -3.97. The number of hydrogen-bond donors (Lipinski definition) is 1. The van der Waals surface area contributed by atoms with Crippen molar-refractivity contribution in [3.8, 4) is 0 Å². The highest BCUT2D eigenvalue weighted by atomic mass is 32.2. The van der Waals surface area contributed by atoms with Crippen LogP contribution in [0.4, 0.5) is 0 Å². The van der Waals surface area contributed by atoms with E-state index in [0.717, 1.165) is 16.7 Å². The predicted octanol–water partition coefficient (Wildman–Crippen LogP) is 3.87. The van der Waals surface area contributed by atoms with Crippen LogP contribution in [0.1, 0.15) is 16.7 Å². The summed E-state index contributed by atoms with van der Waals surface area (Å²) in [5.41, 5.74) is 2.93. The largest absolute Gasteiger partial charge is 0.337 e. The first-order valence-electron chi connectivity index (χ1n) is 11.5. The first-order valence-corrected chi connectivity index (χ1v) is 13.0. The maximum Gasteiger partial charge on any atom is 0.227 e. The monoisotopic (exact) mass is 488 g/mol. The first kappa shape index (κ1) is 24.4. The Balaban J connectivity index is 1.69. The lowest BCUT2D eigenvalue weighted by molar-refractivity contribution is -0.131. The van der Waals surface area contributed by atoms with E-state index in [-0.39, 0.29) is 15.8 Å². The van der Waals surface area contributed by atoms with Crippen molar-refractivity contribution in [1.82, 2.24) is 10.2 Å². The Bertz CT molecular complexity index is 1300. The summed E-state index contributed by atoms with van der Waals surface area (Å²) in [6.07, 6.45) is 2.38. The van der Waals surface area contributed by atoms with Crippen LogP contribution in [-0.4, -0.2) is 32.2 Å². The highest BCUT2D eigenvalue weighted by Gasteiger charge is 2.40. The van der Waals surface area contributed by atoms with Crippen molar-refractivity contribution in [1.29, 1.82) is 0 Å². The molecular weight excluding hydrogens is 460 g/mol. The van der Waals surface area contributed by atoms with Crippen molar-refractivity contribution in [2.24, 2.45) is 11.8 Å². The smallest absolute Gasteiger partial charge is 0.227 e. The molecule has 1 aliphatic rings. The van der Waals surface area contributed by atoms with Gasteiger partial charge in [0.05, 0.1) is 10.8 Å². The van der Waals surface area contributed by atoms with Gasteiger partial charge in [-0.1, -0.05) is 78.4 Å². The van der Waals surface area contributed by atoms with Crippen molar-refractivity contribution in [2.75, 3.05) is 6.54 Å². The minimum Gasteiger partial charge on any atom is -0.337 e. The minimum absolute atomic E-state index is 0.0304. The molecule has 0 saturated carbocycles. The third kappa shape index (κ3) is 5.69. The summed E-state index contributed by atoms with van der Waals surface area (Å²) in [5, 5.41) is 2.19. The number of aryl methyl sites for hydroxylation is 1. The predicted molar refractivity (Wildman–Crippen MR) is 135 cm³/mol. The molecule has 35 heavy (non-hydrogen) atoms. The van der Waals surface area contributed by atoms with Gasteiger partial charge in [0.15, 0.2) is 0 Å². The molecule has 1 heterocycles. The zero-order chi connectivity index (χ0) is 24.8. The summed E-state index contributed by atoms with van der Waals surface area (Å²) in [5.74, 6) is -0.871. The lowest BCUT2D eigenvalue weighted by Gasteiger charge is -2.16. The maximum absolute atomic E-state index is 13.5. The van der Waals surface area contributed by atoms with Gasteiger partial charge < -0.3 is 10.2 Å². The third-order valence-corrected chi connectivity index (χ3v) is 8.00. The molecule has 6 nitrogen and oxygen atoms in total. The zero-order valence-corrected chi connectivity index (χ0v) is 20.3. The molecule has 3 aromatic rings. The van der Waals surface area contributed by atoms with Gasteiger partial charge in [-0.05, 0) is 42.7 Å². The van der Waals surface area contributed by atoms with Gasteiger partial charge in [0, 0.05) is 19.0 Å². The number of hydrogen-bond acceptors (Lipinski definition) is 4. The molecule has 0 bridgehead atoms. The zero-order valence-electron chi connectivity index (χ0n) is 19.5. The Morgan fingerprint density at radius 3 is 2.14 bits per heavy atom. The minimum atomic E-state index is -3.97. The molecule has 0 radical (unpaired) electrons. The number of amides is 2. The van der Waals surface area contributed by atoms with Crippen LogP contribution in [0.2, 0.25) is 0 Å². The fourth-order valence-electron chi connectivity index (χ4n) is 4.42. The fraction of sp³-hybridized carbons (Fsp3) is 0.214. The average molecular weight is 489 g/mol. The van der Waals surface area contributed by atoms with Gasteiger partial charge in [-0.2, -0.15) is 0 Å². The van der Waals surface area contributed by atoms with Gasteiger partial charge >= 0.3 is 0 Å². The molecule has 0 spiro atoms. The molecule has 2 amide bonds. The molecule has 1 saturated heterocycles. The Morgan fingerprint density at radius 1 is 0.943 bits per heavy atom. The van der Waals surface area contributed by atoms with Crippen LogP contribution < -0.4 is 5.32 Å². The Kier molecular flexibility index (Phi) is 7.46. The van der Waals surface area contributed by atoms with Crippen LogP contribution in [-0.2, 0) is 32.4 Å². The van der Waals surface area contributed by atoms with Gasteiger partial charge in [0.1, 0.15) is 5.03 Å². The van der Waals surface area contributed by atoms with Crippen LogP contribution in [0, 0.1) is 18.8 Å². The maximum atomic E-state index is 13.5. The van der Waals surface area contributed by atoms with E-state index in [1.54, 1.807) is 23.1 Å². The van der Waals surface area contributed by atoms with Crippen molar-refractivity contribution in [3.63, 3.8) is 0 Å². The normalized spacial score (nSPS) is 18.5. The van der Waals surface area contributed by atoms with Crippen molar-refractivity contribution in [2.45, 2.75) is 24.8 Å². The molecule has 1 aliphatic heterocycles. The molecule has 1 fully saturated rings. The lowest BCUT2D eigenvalue weighted by atomic mass is 9.89. The standard InChI is InChI=1S/C28H28N2O4S/c1-21-12-14-25(15-13-21)35(33,34)27(29-20-31)17-24-19-30(18-23-10-6-3-7-11-23)28(32)26(24)16-22-8-4-2-5-9-22/h2-15,17,20,24,26H,16,18-19H2,1H3,(H,29,31)/b27-17+/t24-,26+/m1/s1. The van der Waals surface area contributed by atoms with Crippen molar-refractivity contribution >= 4 is 22.2 Å². The fourth-order valence-corrected chi connectivity index (χ4v) is 5.73. The van der Waals surface area contributed by atoms with Crippen LogP contribution in [0.5, 0.6) is 0 Å². The molecule has 1 N–H and O–H groups in total. The number of carbonyl (C=O) groups is 2. The number of nitrogens with one attached hydrogen (secondary N) is 1. The second kappa shape index (κ2) is 10.7. The molecule has 2 atom stereocenters. The highest BCUT2D eigenvalue weighted by Crippen LogP contribution is 2.32. The van der Waals surface area contributed by atoms with Gasteiger partial charge in [0.2, 0.25) is 22.2 Å². The second-order valence-electron chi connectivity index (χ2n) is 8.77. The topological polar surface area (TPSA) is 83.6 Å². The summed E-state index contributed by atoms with van der Waals surface area (Å²) in [6.45, 7) is 2.67. The lowest BCUT2D eigenvalue weighted by Crippen LogP contribution is -2.27. The van der Waals surface area contributed by atoms with Crippen molar-refractivity contribution in [3.05, 3.63) is 113 Å². The van der Waals surface area contributed by atoms with Gasteiger partial charge in [-0.15, -0.1) is 0 Å². The third-order valence-electron chi connectivity index (χ3n) is 6.28. The van der Waals surface area contributed by atoms with Crippen LogP contribution in [0.3, 0.4) is 0 Å². The SMILES string of the molecule is Cc1ccc(S(=O)(=O)/C(=C/[C@@H]2CN(Cc3ccccc3)C(=O)[C@H]2Cc2ccccc2)NC=O)cc1. The van der Waals surface area contributed by atoms with E-state index in [1.807, 2.05) is 67.6 Å². The van der Waals surface area contributed by atoms with Crippen LogP contribution in [0.25, 0.3) is 0 Å². The second-order valence-corrected chi connectivity index (χ2v) is 10.7. The van der Waals surface area contributed by atoms with E-state index in [1.165, 1.54) is 12.1 Å². The number of sulfone groups is 1. The number of benzene rings is 3. The number of nitrogens with zero attached hydrogens (tertiary/aromatic N) is 1. The molecule has 0 unspecified atom stereocenters. The molecule has 3 aromatic carbocycles. The Morgan fingerprint density at radius 2 is 1.54 bits per heavy atom. The van der Waals surface area contributed by atoms with E-state index >= 15 is 0 Å². The number of likely N-dealkylation sites (tertiary alicyclic amines) is 1. The Labute approximate surface area is 206 Å². The number of rotatable bonds is 9. The molecule has 0 aromatic heterocycles. The van der Waals surface area contributed by atoms with E-state index in [4.69, 9.17) is 0 Å². The molecule has 0 aliphatic carbocycles. The van der Waals surface area contributed by atoms with Crippen LogP contribution >= 0.6 is 0 Å². The summed E-state index contributed by atoms with van der Waals surface area (Å²) >= 11 is 0. The van der Waals surface area contributed by atoms with E-state index < -0.39 is 21.7 Å². The van der Waals surface area contributed by atoms with Crippen LogP contribution in [0.15, 0.2) is 101 Å². The Hall–Kier alpha value is -3.71. The summed E-state index contributed by atoms with van der Waals surface area (Å²) in [4.78, 5) is 26.7. The van der Waals surface area contributed by atoms with Gasteiger partial charge in [0.25, 0.3) is 0 Å². The van der Waals surface area contributed by atoms with E-state index in [0.29, 0.717) is 25.9 Å². The number of carbonyl (C=O) groups excluding carboxylic acids is 2. The highest BCUT2D eigenvalue weighted by molar-refractivity contribution is 7.95. The van der Waals surface area contributed by atoms with Gasteiger partial charge in [-0.3, -0.25) is 9.59 Å². The average Bonchev–Trinajstić information content (AvgIpc) is 3.14. The summed E-state index contributed by atoms with van der Waals surface area (Å²) < 4.78 is 26.7. The molecule has 4 rings (SSSR count).